The van der Waals surface area contributed by atoms with Crippen LogP contribution in [0.3, 0.4) is 0 Å². The largest absolute Gasteiger partial charge is 0.380 e. The molecule has 0 unspecified atom stereocenters. The topological polar surface area (TPSA) is 56.1 Å². The van der Waals surface area contributed by atoms with Crippen LogP contribution in [0.25, 0.3) is 0 Å². The number of aryl methyl sites for hydroxylation is 1. The maximum Gasteiger partial charge on any atom is 0.115 e. The van der Waals surface area contributed by atoms with Crippen molar-refractivity contribution < 1.29 is 4.74 Å². The zero-order valence-corrected chi connectivity index (χ0v) is 12.4. The molecule has 0 aromatic carbocycles. The van der Waals surface area contributed by atoms with Crippen molar-refractivity contribution in [2.75, 3.05) is 26.3 Å². The van der Waals surface area contributed by atoms with Crippen molar-refractivity contribution >= 4 is 0 Å². The van der Waals surface area contributed by atoms with E-state index in [4.69, 9.17) is 4.74 Å². The van der Waals surface area contributed by atoms with E-state index in [9.17, 15) is 0 Å². The Labute approximate surface area is 124 Å². The fraction of sp³-hybridized carbons (Fsp3) is 0.533. The highest BCUT2D eigenvalue weighted by molar-refractivity contribution is 5.01. The van der Waals surface area contributed by atoms with E-state index in [0.717, 1.165) is 45.0 Å². The first-order valence-corrected chi connectivity index (χ1v) is 7.31. The van der Waals surface area contributed by atoms with Crippen LogP contribution in [-0.2, 0) is 24.8 Å². The van der Waals surface area contributed by atoms with Gasteiger partial charge in [0.1, 0.15) is 6.33 Å². The standard InChI is InChI=1S/C15H21N5O/c1-19-12-17-7-15(19)9-20-4-5-21-10-13(8-20)6-14-2-3-16-11-18-14/h2-3,7,11-13H,4-6,8-10H2,1H3/t13-/m1/s1. The van der Waals surface area contributed by atoms with Gasteiger partial charge < -0.3 is 9.30 Å². The highest BCUT2D eigenvalue weighted by Crippen LogP contribution is 2.14. The summed E-state index contributed by atoms with van der Waals surface area (Å²) in [6.45, 7) is 4.49. The minimum Gasteiger partial charge on any atom is -0.380 e. The molecule has 21 heavy (non-hydrogen) atoms. The van der Waals surface area contributed by atoms with Crippen LogP contribution in [0.15, 0.2) is 31.1 Å². The van der Waals surface area contributed by atoms with E-state index in [0.29, 0.717) is 5.92 Å². The molecular weight excluding hydrogens is 266 g/mol. The van der Waals surface area contributed by atoms with Crippen LogP contribution in [0.1, 0.15) is 11.4 Å². The monoisotopic (exact) mass is 287 g/mol. The van der Waals surface area contributed by atoms with Crippen molar-refractivity contribution in [2.24, 2.45) is 13.0 Å². The van der Waals surface area contributed by atoms with Gasteiger partial charge in [0.2, 0.25) is 0 Å². The van der Waals surface area contributed by atoms with Gasteiger partial charge in [-0.1, -0.05) is 0 Å². The molecule has 1 aliphatic heterocycles. The smallest absolute Gasteiger partial charge is 0.115 e. The predicted molar refractivity (Wildman–Crippen MR) is 78.5 cm³/mol. The SMILES string of the molecule is Cn1cncc1CN1CCOC[C@H](Cc2ccncn2)C1. The zero-order valence-electron chi connectivity index (χ0n) is 12.4. The Kier molecular flexibility index (Phi) is 4.57. The van der Waals surface area contributed by atoms with Gasteiger partial charge in [-0.2, -0.15) is 0 Å². The quantitative estimate of drug-likeness (QED) is 0.836. The summed E-state index contributed by atoms with van der Waals surface area (Å²) >= 11 is 0. The van der Waals surface area contributed by atoms with Gasteiger partial charge in [0.05, 0.1) is 25.2 Å². The lowest BCUT2D eigenvalue weighted by molar-refractivity contribution is 0.121. The van der Waals surface area contributed by atoms with E-state index < -0.39 is 0 Å². The average molecular weight is 287 g/mol. The lowest BCUT2D eigenvalue weighted by Crippen LogP contribution is -2.31. The van der Waals surface area contributed by atoms with E-state index >= 15 is 0 Å². The maximum atomic E-state index is 5.75. The number of hydrogen-bond donors (Lipinski definition) is 0. The Hall–Kier alpha value is -1.79. The van der Waals surface area contributed by atoms with E-state index in [1.54, 1.807) is 12.5 Å². The third-order valence-corrected chi connectivity index (χ3v) is 3.86. The second kappa shape index (κ2) is 6.78. The zero-order chi connectivity index (χ0) is 14.5. The number of hydrogen-bond acceptors (Lipinski definition) is 5. The Morgan fingerprint density at radius 2 is 2.33 bits per heavy atom. The van der Waals surface area contributed by atoms with Crippen LogP contribution in [0.5, 0.6) is 0 Å². The summed E-state index contributed by atoms with van der Waals surface area (Å²) in [5.41, 5.74) is 2.32. The number of ether oxygens (including phenoxy) is 1. The molecule has 0 spiro atoms. The van der Waals surface area contributed by atoms with Crippen LogP contribution >= 0.6 is 0 Å². The van der Waals surface area contributed by atoms with Crippen molar-refractivity contribution in [1.29, 1.82) is 0 Å². The first-order valence-electron chi connectivity index (χ1n) is 7.31. The summed E-state index contributed by atoms with van der Waals surface area (Å²) in [5, 5.41) is 0. The van der Waals surface area contributed by atoms with Crippen molar-refractivity contribution in [1.82, 2.24) is 24.4 Å². The highest BCUT2D eigenvalue weighted by Gasteiger charge is 2.20. The van der Waals surface area contributed by atoms with Crippen LogP contribution in [-0.4, -0.2) is 50.7 Å². The lowest BCUT2D eigenvalue weighted by Gasteiger charge is -2.23. The van der Waals surface area contributed by atoms with Gasteiger partial charge in [0.25, 0.3) is 0 Å². The number of rotatable bonds is 4. The van der Waals surface area contributed by atoms with Gasteiger partial charge >= 0.3 is 0 Å². The Morgan fingerprint density at radius 3 is 3.10 bits per heavy atom. The molecule has 6 nitrogen and oxygen atoms in total. The normalized spacial score (nSPS) is 20.3. The van der Waals surface area contributed by atoms with Crippen molar-refractivity contribution in [3.8, 4) is 0 Å². The second-order valence-electron chi connectivity index (χ2n) is 5.58. The summed E-state index contributed by atoms with van der Waals surface area (Å²) in [4.78, 5) is 14.9. The first kappa shape index (κ1) is 14.2. The summed E-state index contributed by atoms with van der Waals surface area (Å²) in [5.74, 6) is 0.468. The molecule has 2 aromatic rings. The van der Waals surface area contributed by atoms with Crippen LogP contribution in [0.2, 0.25) is 0 Å². The van der Waals surface area contributed by atoms with Gasteiger partial charge in [-0.25, -0.2) is 15.0 Å². The molecule has 1 saturated heterocycles. The third kappa shape index (κ3) is 3.86. The van der Waals surface area contributed by atoms with Crippen LogP contribution in [0, 0.1) is 5.92 Å². The molecule has 112 valence electrons. The number of aromatic nitrogens is 4. The highest BCUT2D eigenvalue weighted by atomic mass is 16.5. The summed E-state index contributed by atoms with van der Waals surface area (Å²) in [6.07, 6.45) is 8.13. The van der Waals surface area contributed by atoms with E-state index in [1.807, 2.05) is 25.6 Å². The molecule has 1 aliphatic rings. The minimum absolute atomic E-state index is 0.468. The van der Waals surface area contributed by atoms with Crippen molar-refractivity contribution in [3.05, 3.63) is 42.5 Å². The van der Waals surface area contributed by atoms with Crippen LogP contribution in [0.4, 0.5) is 0 Å². The lowest BCUT2D eigenvalue weighted by atomic mass is 10.0. The fourth-order valence-corrected chi connectivity index (χ4v) is 2.72. The van der Waals surface area contributed by atoms with Crippen molar-refractivity contribution in [3.63, 3.8) is 0 Å². The summed E-state index contributed by atoms with van der Waals surface area (Å²) in [6, 6.07) is 1.98. The molecule has 3 heterocycles. The molecule has 1 atom stereocenters. The summed E-state index contributed by atoms with van der Waals surface area (Å²) in [7, 11) is 2.04. The van der Waals surface area contributed by atoms with Gasteiger partial charge in [-0.15, -0.1) is 0 Å². The number of nitrogens with zero attached hydrogens (tertiary/aromatic N) is 5. The number of imidazole rings is 1. The van der Waals surface area contributed by atoms with E-state index in [-0.39, 0.29) is 0 Å². The molecule has 0 radical (unpaired) electrons. The maximum absolute atomic E-state index is 5.75. The molecule has 3 rings (SSSR count). The molecule has 0 N–H and O–H groups in total. The molecule has 0 saturated carbocycles. The Bertz CT molecular complexity index is 556. The third-order valence-electron chi connectivity index (χ3n) is 3.86. The molecule has 0 bridgehead atoms. The first-order chi connectivity index (χ1) is 10.3. The van der Waals surface area contributed by atoms with Crippen LogP contribution < -0.4 is 0 Å². The Balaban J connectivity index is 1.62. The molecule has 0 amide bonds. The molecule has 1 fully saturated rings. The van der Waals surface area contributed by atoms with E-state index in [2.05, 4.69) is 24.4 Å². The molecule has 0 aliphatic carbocycles. The van der Waals surface area contributed by atoms with Crippen molar-refractivity contribution in [2.45, 2.75) is 13.0 Å². The van der Waals surface area contributed by atoms with Gasteiger partial charge in [0.15, 0.2) is 0 Å². The predicted octanol–water partition coefficient (Wildman–Crippen LogP) is 0.901. The molecule has 2 aromatic heterocycles. The van der Waals surface area contributed by atoms with Gasteiger partial charge in [-0.3, -0.25) is 4.90 Å². The van der Waals surface area contributed by atoms with Gasteiger partial charge in [0, 0.05) is 50.7 Å². The molecule has 6 heteroatoms. The van der Waals surface area contributed by atoms with Gasteiger partial charge in [-0.05, 0) is 12.5 Å². The fourth-order valence-electron chi connectivity index (χ4n) is 2.72. The average Bonchev–Trinajstić information content (AvgIpc) is 2.76. The Morgan fingerprint density at radius 1 is 1.38 bits per heavy atom. The molecular formula is C15H21N5O. The van der Waals surface area contributed by atoms with E-state index in [1.165, 1.54) is 5.69 Å². The summed E-state index contributed by atoms with van der Waals surface area (Å²) < 4.78 is 7.83. The minimum atomic E-state index is 0.468. The second-order valence-corrected chi connectivity index (χ2v) is 5.58.